The fourth-order valence-corrected chi connectivity index (χ4v) is 1.89. The van der Waals surface area contributed by atoms with Crippen molar-refractivity contribution in [2.24, 2.45) is 0 Å². The van der Waals surface area contributed by atoms with Gasteiger partial charge in [-0.3, -0.25) is 4.79 Å². The molecule has 1 aromatic rings. The minimum Gasteiger partial charge on any atom is -0.478 e. The Morgan fingerprint density at radius 2 is 1.67 bits per heavy atom. The molecule has 1 aromatic carbocycles. The first-order chi connectivity index (χ1) is 8.20. The number of hydrogen-bond donors (Lipinski definition) is 2. The van der Waals surface area contributed by atoms with Gasteiger partial charge in [0.1, 0.15) is 0 Å². The van der Waals surface area contributed by atoms with Gasteiger partial charge in [0, 0.05) is 26.2 Å². The van der Waals surface area contributed by atoms with E-state index in [9.17, 15) is 9.59 Å². The topological polar surface area (TPSA) is 69.6 Å². The fraction of sp³-hybridized carbons (Fsp3) is 0.333. The summed E-state index contributed by atoms with van der Waals surface area (Å²) in [7, 11) is 0. The first-order valence-corrected chi connectivity index (χ1v) is 5.52. The Morgan fingerprint density at radius 1 is 1.11 bits per heavy atom. The predicted molar refractivity (Wildman–Crippen MR) is 69.4 cm³/mol. The molecule has 0 aliphatic carbocycles. The maximum absolute atomic E-state index is 12.2. The van der Waals surface area contributed by atoms with Gasteiger partial charge in [-0.25, -0.2) is 4.79 Å². The summed E-state index contributed by atoms with van der Waals surface area (Å²) in [6, 6.07) is 6.32. The molecule has 1 saturated heterocycles. The Kier molecular flexibility index (Phi) is 5.12. The number of halogens is 1. The van der Waals surface area contributed by atoms with Gasteiger partial charge < -0.3 is 15.3 Å². The van der Waals surface area contributed by atoms with Crippen molar-refractivity contribution in [3.05, 3.63) is 35.4 Å². The molecule has 2 rings (SSSR count). The maximum Gasteiger partial charge on any atom is 0.336 e. The third-order valence-corrected chi connectivity index (χ3v) is 2.79. The largest absolute Gasteiger partial charge is 0.478 e. The minimum atomic E-state index is -1.07. The highest BCUT2D eigenvalue weighted by molar-refractivity contribution is 6.04. The standard InChI is InChI=1S/C12H14N2O3.ClH/c15-11(14-7-5-13-6-8-14)9-3-1-2-4-10(9)12(16)17;/h1-4,13H,5-8H2,(H,16,17);1H. The summed E-state index contributed by atoms with van der Waals surface area (Å²) in [6.45, 7) is 2.74. The van der Waals surface area contributed by atoms with E-state index in [2.05, 4.69) is 5.32 Å². The lowest BCUT2D eigenvalue weighted by molar-refractivity contribution is 0.0670. The van der Waals surface area contributed by atoms with Gasteiger partial charge in [0.25, 0.3) is 5.91 Å². The SMILES string of the molecule is Cl.O=C(O)c1ccccc1C(=O)N1CCNCC1. The molecule has 1 amide bonds. The summed E-state index contributed by atoms with van der Waals surface area (Å²) in [5, 5.41) is 12.2. The highest BCUT2D eigenvalue weighted by atomic mass is 35.5. The number of carboxylic acid groups (broad SMARTS) is 1. The Labute approximate surface area is 111 Å². The van der Waals surface area contributed by atoms with Crippen molar-refractivity contribution < 1.29 is 14.7 Å². The van der Waals surface area contributed by atoms with Crippen LogP contribution in [0.4, 0.5) is 0 Å². The lowest BCUT2D eigenvalue weighted by Gasteiger charge is -2.27. The van der Waals surface area contributed by atoms with Gasteiger partial charge in [-0.2, -0.15) is 0 Å². The predicted octanol–water partition coefficient (Wildman–Crippen LogP) is 0.852. The molecule has 2 N–H and O–H groups in total. The molecule has 0 bridgehead atoms. The van der Waals surface area contributed by atoms with Gasteiger partial charge in [-0.1, -0.05) is 12.1 Å². The fourth-order valence-electron chi connectivity index (χ4n) is 1.89. The zero-order valence-corrected chi connectivity index (χ0v) is 10.6. The maximum atomic E-state index is 12.2. The number of nitrogens with zero attached hydrogens (tertiary/aromatic N) is 1. The first-order valence-electron chi connectivity index (χ1n) is 5.52. The van der Waals surface area contributed by atoms with Crippen molar-refractivity contribution in [2.45, 2.75) is 0 Å². The average Bonchev–Trinajstić information content (AvgIpc) is 2.39. The number of rotatable bonds is 2. The Hall–Kier alpha value is -1.59. The Morgan fingerprint density at radius 3 is 2.22 bits per heavy atom. The van der Waals surface area contributed by atoms with Crippen LogP contribution in [-0.4, -0.2) is 48.1 Å². The van der Waals surface area contributed by atoms with Crippen LogP contribution in [0.3, 0.4) is 0 Å². The molecular weight excluding hydrogens is 256 g/mol. The normalized spacial score (nSPS) is 14.8. The van der Waals surface area contributed by atoms with Crippen molar-refractivity contribution >= 4 is 24.3 Å². The van der Waals surface area contributed by atoms with Crippen molar-refractivity contribution in [3.8, 4) is 0 Å². The summed E-state index contributed by atoms with van der Waals surface area (Å²) in [4.78, 5) is 24.9. The van der Waals surface area contributed by atoms with E-state index in [1.54, 1.807) is 23.1 Å². The van der Waals surface area contributed by atoms with E-state index in [4.69, 9.17) is 5.11 Å². The summed E-state index contributed by atoms with van der Waals surface area (Å²) in [5.74, 6) is -1.27. The molecule has 0 atom stereocenters. The summed E-state index contributed by atoms with van der Waals surface area (Å²) in [6.07, 6.45) is 0. The molecule has 0 saturated carbocycles. The number of carboxylic acids is 1. The molecule has 1 fully saturated rings. The van der Waals surface area contributed by atoms with E-state index >= 15 is 0 Å². The van der Waals surface area contributed by atoms with E-state index in [0.29, 0.717) is 13.1 Å². The van der Waals surface area contributed by atoms with E-state index in [1.165, 1.54) is 6.07 Å². The third kappa shape index (κ3) is 3.00. The van der Waals surface area contributed by atoms with Gasteiger partial charge in [-0.15, -0.1) is 12.4 Å². The van der Waals surface area contributed by atoms with Crippen molar-refractivity contribution in [1.29, 1.82) is 0 Å². The molecule has 1 heterocycles. The van der Waals surface area contributed by atoms with Crippen molar-refractivity contribution in [3.63, 3.8) is 0 Å². The average molecular weight is 271 g/mol. The lowest BCUT2D eigenvalue weighted by atomic mass is 10.1. The number of carbonyl (C=O) groups excluding carboxylic acids is 1. The number of piperazine rings is 1. The van der Waals surface area contributed by atoms with Crippen LogP contribution in [0.2, 0.25) is 0 Å². The van der Waals surface area contributed by atoms with E-state index in [1.807, 2.05) is 0 Å². The van der Waals surface area contributed by atoms with E-state index in [-0.39, 0.29) is 29.4 Å². The van der Waals surface area contributed by atoms with Gasteiger partial charge in [-0.05, 0) is 12.1 Å². The van der Waals surface area contributed by atoms with Crippen LogP contribution >= 0.6 is 12.4 Å². The molecular formula is C12H15ClN2O3. The van der Waals surface area contributed by atoms with Crippen LogP contribution < -0.4 is 5.32 Å². The summed E-state index contributed by atoms with van der Waals surface area (Å²) in [5.41, 5.74) is 0.331. The molecule has 5 nitrogen and oxygen atoms in total. The molecule has 98 valence electrons. The Bertz CT molecular complexity index is 445. The van der Waals surface area contributed by atoms with E-state index in [0.717, 1.165) is 13.1 Å². The monoisotopic (exact) mass is 270 g/mol. The smallest absolute Gasteiger partial charge is 0.336 e. The van der Waals surface area contributed by atoms with Crippen LogP contribution in [-0.2, 0) is 0 Å². The van der Waals surface area contributed by atoms with Crippen molar-refractivity contribution in [1.82, 2.24) is 10.2 Å². The van der Waals surface area contributed by atoms with Crippen molar-refractivity contribution in [2.75, 3.05) is 26.2 Å². The number of nitrogens with one attached hydrogen (secondary N) is 1. The van der Waals surface area contributed by atoms with Gasteiger partial charge in [0.05, 0.1) is 11.1 Å². The van der Waals surface area contributed by atoms with Crippen LogP contribution in [0.15, 0.2) is 24.3 Å². The Balaban J connectivity index is 0.00000162. The van der Waals surface area contributed by atoms with Crippen LogP contribution in [0, 0.1) is 0 Å². The molecule has 18 heavy (non-hydrogen) atoms. The van der Waals surface area contributed by atoms with Gasteiger partial charge in [0.2, 0.25) is 0 Å². The van der Waals surface area contributed by atoms with Crippen LogP contribution in [0.25, 0.3) is 0 Å². The molecule has 0 radical (unpaired) electrons. The molecule has 6 heteroatoms. The number of benzene rings is 1. The number of aromatic carboxylic acids is 1. The molecule has 1 aliphatic rings. The second-order valence-corrected chi connectivity index (χ2v) is 3.89. The second kappa shape index (κ2) is 6.37. The first kappa shape index (κ1) is 14.5. The third-order valence-electron chi connectivity index (χ3n) is 2.79. The molecule has 0 spiro atoms. The van der Waals surface area contributed by atoms with Gasteiger partial charge in [0.15, 0.2) is 0 Å². The number of carbonyl (C=O) groups is 2. The van der Waals surface area contributed by atoms with E-state index < -0.39 is 5.97 Å². The summed E-state index contributed by atoms with van der Waals surface area (Å²) < 4.78 is 0. The zero-order valence-electron chi connectivity index (χ0n) is 9.76. The number of amides is 1. The van der Waals surface area contributed by atoms with Crippen LogP contribution in [0.1, 0.15) is 20.7 Å². The molecule has 0 aromatic heterocycles. The number of hydrogen-bond acceptors (Lipinski definition) is 3. The van der Waals surface area contributed by atoms with Crippen LogP contribution in [0.5, 0.6) is 0 Å². The van der Waals surface area contributed by atoms with Gasteiger partial charge >= 0.3 is 5.97 Å². The molecule has 0 unspecified atom stereocenters. The quantitative estimate of drug-likeness (QED) is 0.836. The zero-order chi connectivity index (χ0) is 12.3. The lowest BCUT2D eigenvalue weighted by Crippen LogP contribution is -2.46. The second-order valence-electron chi connectivity index (χ2n) is 3.89. The highest BCUT2D eigenvalue weighted by Crippen LogP contribution is 2.12. The highest BCUT2D eigenvalue weighted by Gasteiger charge is 2.22. The minimum absolute atomic E-state index is 0. The summed E-state index contributed by atoms with van der Waals surface area (Å²) >= 11 is 0. The molecule has 1 aliphatic heterocycles.